The average Bonchev–Trinajstić information content (AvgIpc) is 2.41. The zero-order chi connectivity index (χ0) is 14.9. The molecule has 0 aromatic heterocycles. The molecule has 5 nitrogen and oxygen atoms in total. The topological polar surface area (TPSA) is 63.4 Å². The molecule has 0 amide bonds. The maximum absolute atomic E-state index is 11.1. The molecular weight excluding hydrogens is 256 g/mol. The fourth-order valence-electron chi connectivity index (χ4n) is 3.04. The molecule has 3 unspecified atom stereocenters. The lowest BCUT2D eigenvalue weighted by Gasteiger charge is -2.42. The van der Waals surface area contributed by atoms with Gasteiger partial charge in [-0.05, 0) is 37.3 Å². The molecule has 0 radical (unpaired) electrons. The van der Waals surface area contributed by atoms with Crippen molar-refractivity contribution in [2.45, 2.75) is 33.2 Å². The number of anilines is 1. The molecule has 0 aliphatic carbocycles. The summed E-state index contributed by atoms with van der Waals surface area (Å²) in [5, 5.41) is 10.9. The van der Waals surface area contributed by atoms with E-state index in [1.165, 1.54) is 12.5 Å². The summed E-state index contributed by atoms with van der Waals surface area (Å²) >= 11 is 0. The minimum Gasteiger partial charge on any atom is -0.368 e. The second-order valence-corrected chi connectivity index (χ2v) is 5.83. The molecule has 1 aromatic carbocycles. The molecule has 1 fully saturated rings. The lowest BCUT2D eigenvalue weighted by atomic mass is 9.85. The van der Waals surface area contributed by atoms with Crippen molar-refractivity contribution >= 4 is 17.7 Å². The summed E-state index contributed by atoms with van der Waals surface area (Å²) in [5.41, 5.74) is 0.906. The molecule has 0 bridgehead atoms. The lowest BCUT2D eigenvalue weighted by molar-refractivity contribution is -0.385. The zero-order valence-corrected chi connectivity index (χ0v) is 12.1. The molecule has 1 aliphatic rings. The standard InChI is InChI=1S/C15H20N2O3/c1-10-6-11(2)12(3)16(8-10)14-4-5-15(17(19)20)13(7-14)9-18/h4-5,7,9-12H,6,8H2,1-3H3. The van der Waals surface area contributed by atoms with Crippen LogP contribution in [-0.2, 0) is 0 Å². The van der Waals surface area contributed by atoms with E-state index < -0.39 is 4.92 Å². The maximum atomic E-state index is 11.1. The molecule has 1 saturated heterocycles. The van der Waals surface area contributed by atoms with Crippen molar-refractivity contribution in [3.63, 3.8) is 0 Å². The Kier molecular flexibility index (Phi) is 4.06. The summed E-state index contributed by atoms with van der Waals surface area (Å²) in [4.78, 5) is 23.7. The minimum absolute atomic E-state index is 0.130. The van der Waals surface area contributed by atoms with E-state index in [2.05, 4.69) is 25.7 Å². The maximum Gasteiger partial charge on any atom is 0.280 e. The fraction of sp³-hybridized carbons (Fsp3) is 0.533. The predicted molar refractivity (Wildman–Crippen MR) is 78.2 cm³/mol. The van der Waals surface area contributed by atoms with Gasteiger partial charge in [0.15, 0.2) is 6.29 Å². The molecule has 1 aliphatic heterocycles. The first-order valence-corrected chi connectivity index (χ1v) is 6.94. The third kappa shape index (κ3) is 2.66. The summed E-state index contributed by atoms with van der Waals surface area (Å²) in [6.07, 6.45) is 1.74. The van der Waals surface area contributed by atoms with Gasteiger partial charge in [0, 0.05) is 24.3 Å². The van der Waals surface area contributed by atoms with E-state index in [-0.39, 0.29) is 11.3 Å². The molecule has 0 N–H and O–H groups in total. The van der Waals surface area contributed by atoms with Crippen LogP contribution in [0.2, 0.25) is 0 Å². The van der Waals surface area contributed by atoms with Crippen LogP contribution in [0, 0.1) is 22.0 Å². The van der Waals surface area contributed by atoms with E-state index in [0.29, 0.717) is 24.2 Å². The third-order valence-electron chi connectivity index (χ3n) is 4.26. The number of piperidine rings is 1. The van der Waals surface area contributed by atoms with E-state index in [0.717, 1.165) is 12.2 Å². The molecule has 20 heavy (non-hydrogen) atoms. The van der Waals surface area contributed by atoms with Gasteiger partial charge in [0.1, 0.15) is 0 Å². The Balaban J connectivity index is 2.37. The molecular formula is C15H20N2O3. The van der Waals surface area contributed by atoms with Crippen LogP contribution in [0.5, 0.6) is 0 Å². The van der Waals surface area contributed by atoms with Gasteiger partial charge in [-0.15, -0.1) is 0 Å². The van der Waals surface area contributed by atoms with Crippen LogP contribution < -0.4 is 4.90 Å². The summed E-state index contributed by atoms with van der Waals surface area (Å²) in [5.74, 6) is 1.14. The number of nitrogens with zero attached hydrogens (tertiary/aromatic N) is 2. The SMILES string of the molecule is CC1CC(C)C(C)N(c2ccc([N+](=O)[O-])c(C=O)c2)C1. The Labute approximate surface area is 118 Å². The first-order chi connectivity index (χ1) is 9.43. The number of aldehydes is 1. The molecule has 5 heteroatoms. The van der Waals surface area contributed by atoms with Crippen molar-refractivity contribution in [2.24, 2.45) is 11.8 Å². The van der Waals surface area contributed by atoms with Crippen LogP contribution in [0.3, 0.4) is 0 Å². The Bertz CT molecular complexity index is 530. The summed E-state index contributed by atoms with van der Waals surface area (Å²) in [6.45, 7) is 7.51. The van der Waals surface area contributed by atoms with E-state index in [1.54, 1.807) is 12.1 Å². The van der Waals surface area contributed by atoms with Gasteiger partial charge in [-0.3, -0.25) is 14.9 Å². The highest BCUT2D eigenvalue weighted by atomic mass is 16.6. The third-order valence-corrected chi connectivity index (χ3v) is 4.26. The van der Waals surface area contributed by atoms with Crippen molar-refractivity contribution in [3.8, 4) is 0 Å². The van der Waals surface area contributed by atoms with E-state index in [9.17, 15) is 14.9 Å². The van der Waals surface area contributed by atoms with E-state index in [4.69, 9.17) is 0 Å². The van der Waals surface area contributed by atoms with Gasteiger partial charge in [-0.1, -0.05) is 13.8 Å². The Morgan fingerprint density at radius 3 is 2.65 bits per heavy atom. The molecule has 108 valence electrons. The number of nitro benzene ring substituents is 1. The van der Waals surface area contributed by atoms with Gasteiger partial charge in [-0.25, -0.2) is 0 Å². The number of benzene rings is 1. The smallest absolute Gasteiger partial charge is 0.280 e. The number of hydrogen-bond donors (Lipinski definition) is 0. The quantitative estimate of drug-likeness (QED) is 0.483. The summed E-state index contributed by atoms with van der Waals surface area (Å²) < 4.78 is 0. The van der Waals surface area contributed by atoms with Gasteiger partial charge < -0.3 is 4.90 Å². The van der Waals surface area contributed by atoms with Crippen LogP contribution in [0.15, 0.2) is 18.2 Å². The monoisotopic (exact) mass is 276 g/mol. The number of rotatable bonds is 3. The average molecular weight is 276 g/mol. The fourth-order valence-corrected chi connectivity index (χ4v) is 3.04. The zero-order valence-electron chi connectivity index (χ0n) is 12.1. The van der Waals surface area contributed by atoms with Crippen LogP contribution >= 0.6 is 0 Å². The predicted octanol–water partition coefficient (Wildman–Crippen LogP) is 3.28. The normalized spacial score (nSPS) is 26.4. The Morgan fingerprint density at radius 2 is 2.05 bits per heavy atom. The molecule has 2 rings (SSSR count). The largest absolute Gasteiger partial charge is 0.368 e. The van der Waals surface area contributed by atoms with Crippen LogP contribution in [0.4, 0.5) is 11.4 Å². The second-order valence-electron chi connectivity index (χ2n) is 5.83. The Morgan fingerprint density at radius 1 is 1.35 bits per heavy atom. The first kappa shape index (κ1) is 14.5. The van der Waals surface area contributed by atoms with E-state index in [1.807, 2.05) is 0 Å². The number of hydrogen-bond acceptors (Lipinski definition) is 4. The van der Waals surface area contributed by atoms with Crippen molar-refractivity contribution in [1.82, 2.24) is 0 Å². The molecule has 0 spiro atoms. The highest BCUT2D eigenvalue weighted by Crippen LogP contribution is 2.33. The van der Waals surface area contributed by atoms with Crippen LogP contribution in [0.1, 0.15) is 37.6 Å². The van der Waals surface area contributed by atoms with Crippen LogP contribution in [-0.4, -0.2) is 23.8 Å². The van der Waals surface area contributed by atoms with Gasteiger partial charge in [0.2, 0.25) is 0 Å². The second kappa shape index (κ2) is 5.61. The van der Waals surface area contributed by atoms with Gasteiger partial charge in [0.05, 0.1) is 10.5 Å². The first-order valence-electron chi connectivity index (χ1n) is 6.94. The van der Waals surface area contributed by atoms with Gasteiger partial charge in [-0.2, -0.15) is 0 Å². The number of nitro groups is 1. The minimum atomic E-state index is -0.515. The highest BCUT2D eigenvalue weighted by Gasteiger charge is 2.29. The van der Waals surface area contributed by atoms with E-state index >= 15 is 0 Å². The van der Waals surface area contributed by atoms with Crippen LogP contribution in [0.25, 0.3) is 0 Å². The highest BCUT2D eigenvalue weighted by molar-refractivity contribution is 5.83. The van der Waals surface area contributed by atoms with Crippen molar-refractivity contribution < 1.29 is 9.72 Å². The van der Waals surface area contributed by atoms with Gasteiger partial charge >= 0.3 is 0 Å². The summed E-state index contributed by atoms with van der Waals surface area (Å²) in [7, 11) is 0. The van der Waals surface area contributed by atoms with Gasteiger partial charge in [0.25, 0.3) is 5.69 Å². The van der Waals surface area contributed by atoms with Crippen molar-refractivity contribution in [3.05, 3.63) is 33.9 Å². The summed E-state index contributed by atoms with van der Waals surface area (Å²) in [6, 6.07) is 5.17. The van der Waals surface area contributed by atoms with Crippen molar-refractivity contribution in [1.29, 1.82) is 0 Å². The molecule has 1 aromatic rings. The van der Waals surface area contributed by atoms with Crippen molar-refractivity contribution in [2.75, 3.05) is 11.4 Å². The molecule has 0 saturated carbocycles. The number of carbonyl (C=O) groups excluding carboxylic acids is 1. The molecule has 3 atom stereocenters. The Hall–Kier alpha value is -1.91. The molecule has 1 heterocycles. The number of carbonyl (C=O) groups is 1. The lowest BCUT2D eigenvalue weighted by Crippen LogP contribution is -2.45.